The van der Waals surface area contributed by atoms with Crippen LogP contribution in [-0.2, 0) is 34.1 Å². The number of anilines is 4. The molecule has 10 aromatic rings. The topological polar surface area (TPSA) is 140 Å². The number of amides is 1. The lowest BCUT2D eigenvalue weighted by Gasteiger charge is -2.07. The summed E-state index contributed by atoms with van der Waals surface area (Å²) in [5.74, 6) is -0.124. The molecule has 0 bridgehead atoms. The minimum absolute atomic E-state index is 0.124. The van der Waals surface area contributed by atoms with E-state index in [4.69, 9.17) is 11.5 Å². The summed E-state index contributed by atoms with van der Waals surface area (Å²) >= 11 is 0. The predicted octanol–water partition coefficient (Wildman–Crippen LogP) is 23.0. The molecule has 0 aliphatic heterocycles. The predicted molar refractivity (Wildman–Crippen MR) is 431 cm³/mol. The molecule has 1 aromatic heterocycles. The van der Waals surface area contributed by atoms with Crippen molar-refractivity contribution in [1.82, 2.24) is 4.98 Å². The van der Waals surface area contributed by atoms with Crippen LogP contribution in [-0.4, -0.2) is 26.1 Å². The van der Waals surface area contributed by atoms with Crippen molar-refractivity contribution in [3.63, 3.8) is 0 Å². The van der Waals surface area contributed by atoms with E-state index < -0.39 is 10.0 Å². The third kappa shape index (κ3) is 38.0. The number of hydrogen-bond donors (Lipinski definition) is 4. The molecule has 0 spiro atoms. The second-order valence-corrected chi connectivity index (χ2v) is 27.9. The number of nitrogens with zero attached hydrogens (tertiary/aromatic N) is 1. The van der Waals surface area contributed by atoms with Gasteiger partial charge in [-0.25, -0.2) is 12.8 Å². The zero-order valence-corrected chi connectivity index (χ0v) is 65.9. The number of aryl methyl sites for hydroxylation is 25. The van der Waals surface area contributed by atoms with Crippen LogP contribution < -0.4 is 21.5 Å². The number of nitrogen functional groups attached to an aromatic ring is 2. The molecule has 0 saturated heterocycles. The summed E-state index contributed by atoms with van der Waals surface area (Å²) in [5.41, 5.74) is 45.7. The van der Waals surface area contributed by atoms with Gasteiger partial charge in [0.2, 0.25) is 16.4 Å². The number of benzene rings is 9. The van der Waals surface area contributed by atoms with Gasteiger partial charge < -0.3 is 16.8 Å². The molecule has 0 saturated carbocycles. The molecular formula is C89H120FN5O3S. The standard InChI is InChI=1S/C10H14.C9H13NO2S.C9H11NO.2C9H13N.3C9H12.C8H9F.C8H11N/c1-4-10-7-8(2)5-6-9(10)3;1-7-4-5-8(2)9(6-7)10-13(3,11)12;1-7-3-4-8(2)9(5-7)10-6-11;1-4-9-7(2)5-6-8(3)10-9;1-3-8-4-7(2)5-9(10)6-8;1-7-4-8(2)6-9(3)5-7;2*1-7-4-5-8(2)9(3)6-7;1-6-3-4-8(9)7(2)5-6;1-6-3-4-7(2)8(9)5-6/h5-7H,4H2,1-3H3;4-6,10H,1-3H3;3-6H,1-2H3,(H,10,11);5-6H,4H2,1-3H3;4-6H,3,10H2,1-2H3;3*4-6H,1-3H3;3-5H,1-2H3;3-5H,9H2,1-2H3. The van der Waals surface area contributed by atoms with Crippen LogP contribution in [0.25, 0.3) is 0 Å². The number of sulfonamides is 1. The van der Waals surface area contributed by atoms with E-state index >= 15 is 0 Å². The first-order chi connectivity index (χ1) is 46.3. The molecule has 9 aromatic carbocycles. The lowest BCUT2D eigenvalue weighted by atomic mass is 10.0. The van der Waals surface area contributed by atoms with Crippen LogP contribution in [0.1, 0.15) is 160 Å². The van der Waals surface area contributed by atoms with Crippen LogP contribution in [0.3, 0.4) is 0 Å². The number of aromatic nitrogens is 1. The quantitative estimate of drug-likeness (QED) is 0.0925. The third-order valence-electron chi connectivity index (χ3n) is 15.9. The average Bonchev–Trinajstić information content (AvgIpc) is 0.981. The Kier molecular flexibility index (Phi) is 40.4. The summed E-state index contributed by atoms with van der Waals surface area (Å²) in [6.45, 7) is 51.6. The summed E-state index contributed by atoms with van der Waals surface area (Å²) < 4.78 is 36.9. The van der Waals surface area contributed by atoms with E-state index in [1.807, 2.05) is 122 Å². The summed E-state index contributed by atoms with van der Waals surface area (Å²) in [6.07, 6.45) is 5.09. The molecule has 0 atom stereocenters. The zero-order chi connectivity index (χ0) is 75.3. The van der Waals surface area contributed by atoms with Crippen molar-refractivity contribution >= 4 is 39.2 Å². The van der Waals surface area contributed by atoms with E-state index in [0.29, 0.717) is 12.1 Å². The van der Waals surface area contributed by atoms with Gasteiger partial charge in [-0.05, 0) is 303 Å². The highest BCUT2D eigenvalue weighted by atomic mass is 32.2. The minimum atomic E-state index is -3.17. The Bertz CT molecular complexity index is 3910. The zero-order valence-electron chi connectivity index (χ0n) is 65.1. The fraction of sp³-hybridized carbons (Fsp3) is 0.326. The van der Waals surface area contributed by atoms with Crippen LogP contribution >= 0.6 is 0 Å². The molecule has 10 rings (SSSR count). The highest BCUT2D eigenvalue weighted by molar-refractivity contribution is 7.92. The largest absolute Gasteiger partial charge is 0.399 e. The third-order valence-corrected chi connectivity index (χ3v) is 16.5. The minimum Gasteiger partial charge on any atom is -0.399 e. The maximum Gasteiger partial charge on any atom is 0.229 e. The summed E-state index contributed by atoms with van der Waals surface area (Å²) in [7, 11) is -3.17. The Hall–Kier alpha value is -9.12. The second-order valence-electron chi connectivity index (χ2n) is 26.2. The van der Waals surface area contributed by atoms with Gasteiger partial charge in [0.15, 0.2) is 0 Å². The number of carbonyl (C=O) groups is 1. The van der Waals surface area contributed by atoms with Crippen LogP contribution in [0.4, 0.5) is 27.1 Å². The number of rotatable bonds is 7. The lowest BCUT2D eigenvalue weighted by molar-refractivity contribution is -0.105. The number of nitrogens with one attached hydrogen (secondary N) is 2. The van der Waals surface area contributed by atoms with Gasteiger partial charge in [-0.2, -0.15) is 0 Å². The maximum absolute atomic E-state index is 12.5. The fourth-order valence-corrected chi connectivity index (χ4v) is 10.5. The molecule has 6 N–H and O–H groups in total. The molecular weight excluding hydrogens is 1240 g/mol. The van der Waals surface area contributed by atoms with E-state index in [1.165, 1.54) is 101 Å². The summed E-state index contributed by atoms with van der Waals surface area (Å²) in [4.78, 5) is 14.5. The van der Waals surface area contributed by atoms with E-state index in [1.54, 1.807) is 13.0 Å². The number of hydrogen-bond acceptors (Lipinski definition) is 6. The smallest absolute Gasteiger partial charge is 0.229 e. The molecule has 0 aliphatic carbocycles. The molecule has 1 heterocycles. The highest BCUT2D eigenvalue weighted by Gasteiger charge is 2.05. The van der Waals surface area contributed by atoms with E-state index in [-0.39, 0.29) is 5.82 Å². The first-order valence-electron chi connectivity index (χ1n) is 34.2. The first kappa shape index (κ1) is 87.9. The average molecular weight is 1360 g/mol. The van der Waals surface area contributed by atoms with Gasteiger partial charge in [-0.15, -0.1) is 0 Å². The maximum atomic E-state index is 12.5. The summed E-state index contributed by atoms with van der Waals surface area (Å²) in [5, 5.41) is 2.64. The van der Waals surface area contributed by atoms with E-state index in [9.17, 15) is 17.6 Å². The molecule has 1 amide bonds. The van der Waals surface area contributed by atoms with Gasteiger partial charge in [0.05, 0.1) is 11.9 Å². The number of carbonyl (C=O) groups excluding carboxylic acids is 1. The van der Waals surface area contributed by atoms with Crippen molar-refractivity contribution in [2.45, 2.75) is 192 Å². The van der Waals surface area contributed by atoms with E-state index in [2.05, 4.69) is 223 Å². The molecule has 0 radical (unpaired) electrons. The fourth-order valence-electron chi connectivity index (χ4n) is 9.86. The molecule has 532 valence electrons. The van der Waals surface area contributed by atoms with Gasteiger partial charge in [-0.1, -0.05) is 193 Å². The number of nitrogens with two attached hydrogens (primary N) is 2. The monoisotopic (exact) mass is 1360 g/mol. The van der Waals surface area contributed by atoms with Crippen LogP contribution in [0.5, 0.6) is 0 Å². The highest BCUT2D eigenvalue weighted by Crippen LogP contribution is 2.19. The van der Waals surface area contributed by atoms with Gasteiger partial charge >= 0.3 is 0 Å². The lowest BCUT2D eigenvalue weighted by Crippen LogP contribution is -2.10. The number of pyridine rings is 1. The van der Waals surface area contributed by atoms with Crippen molar-refractivity contribution in [3.8, 4) is 0 Å². The van der Waals surface area contributed by atoms with Crippen molar-refractivity contribution in [3.05, 3.63) is 321 Å². The molecule has 0 aliphatic rings. The van der Waals surface area contributed by atoms with Crippen molar-refractivity contribution < 1.29 is 17.6 Å². The Morgan fingerprint density at radius 2 is 0.747 bits per heavy atom. The molecule has 0 unspecified atom stereocenters. The van der Waals surface area contributed by atoms with Crippen molar-refractivity contribution in [1.29, 1.82) is 0 Å². The van der Waals surface area contributed by atoms with Crippen LogP contribution in [0, 0.1) is 158 Å². The van der Waals surface area contributed by atoms with Gasteiger partial charge in [-0.3, -0.25) is 14.5 Å². The molecule has 99 heavy (non-hydrogen) atoms. The van der Waals surface area contributed by atoms with E-state index in [0.717, 1.165) is 87.2 Å². The Morgan fingerprint density at radius 3 is 1.11 bits per heavy atom. The first-order valence-corrected chi connectivity index (χ1v) is 36.0. The molecule has 0 fully saturated rings. The second kappa shape index (κ2) is 45.5. The van der Waals surface area contributed by atoms with Crippen molar-refractivity contribution in [2.75, 3.05) is 27.8 Å². The van der Waals surface area contributed by atoms with Gasteiger partial charge in [0.1, 0.15) is 5.82 Å². The SMILES string of the molecule is CCc1cc(C)cc(N)c1.CCc1cc(C)ccc1C.CCc1nc(C)ccc1C.Cc1cc(C)cc(C)c1.Cc1ccc(C)c(C)c1.Cc1ccc(C)c(C)c1.Cc1ccc(C)c(N)c1.Cc1ccc(C)c(NC=O)c1.Cc1ccc(C)c(NS(C)(=O)=O)c1.Cc1ccc(F)c(C)c1. The Balaban J connectivity index is 0.000000551. The van der Waals surface area contributed by atoms with Crippen molar-refractivity contribution in [2.24, 2.45) is 0 Å². The molecule has 10 heteroatoms. The normalized spacial score (nSPS) is 9.89. The number of halogens is 1. The van der Waals surface area contributed by atoms with Gasteiger partial charge in [0.25, 0.3) is 0 Å². The van der Waals surface area contributed by atoms with Crippen LogP contribution in [0.15, 0.2) is 176 Å². The Labute approximate surface area is 599 Å². The Morgan fingerprint density at radius 1 is 0.364 bits per heavy atom. The van der Waals surface area contributed by atoms with Crippen LogP contribution in [0.2, 0.25) is 0 Å². The molecule has 8 nitrogen and oxygen atoms in total. The van der Waals surface area contributed by atoms with Gasteiger partial charge in [0, 0.05) is 28.5 Å². The summed E-state index contributed by atoms with van der Waals surface area (Å²) in [6, 6.07) is 59.3.